The molecule has 1 saturated heterocycles. The van der Waals surface area contributed by atoms with Crippen LogP contribution in [0.1, 0.15) is 51.9 Å². The van der Waals surface area contributed by atoms with Crippen LogP contribution in [0.3, 0.4) is 0 Å². The van der Waals surface area contributed by atoms with Crippen molar-refractivity contribution in [1.29, 1.82) is 0 Å². The van der Waals surface area contributed by atoms with Gasteiger partial charge in [-0.3, -0.25) is 9.79 Å². The maximum Gasteiger partial charge on any atom is 0.225 e. The molecule has 1 amide bonds. The van der Waals surface area contributed by atoms with Crippen LogP contribution in [0.4, 0.5) is 0 Å². The molecule has 0 aromatic carbocycles. The highest BCUT2D eigenvalue weighted by Gasteiger charge is 2.30. The fourth-order valence-electron chi connectivity index (χ4n) is 3.76. The molecule has 1 heterocycles. The number of carbonyl (C=O) groups is 1. The number of hydrogen-bond donors (Lipinski definition) is 2. The lowest BCUT2D eigenvalue weighted by Crippen LogP contribution is -2.51. The highest BCUT2D eigenvalue weighted by Crippen LogP contribution is 2.27. The number of halogens is 1. The highest BCUT2D eigenvalue weighted by atomic mass is 127. The molecule has 0 unspecified atom stereocenters. The van der Waals surface area contributed by atoms with Crippen LogP contribution in [0.25, 0.3) is 0 Å². The third kappa shape index (κ3) is 6.19. The van der Waals surface area contributed by atoms with Gasteiger partial charge in [-0.2, -0.15) is 11.8 Å². The van der Waals surface area contributed by atoms with E-state index in [2.05, 4.69) is 27.4 Å². The molecular formula is C18H33IN4OS. The van der Waals surface area contributed by atoms with Crippen molar-refractivity contribution in [1.82, 2.24) is 15.5 Å². The molecule has 0 spiro atoms. The summed E-state index contributed by atoms with van der Waals surface area (Å²) >= 11 is 1.96. The molecular weight excluding hydrogens is 447 g/mol. The summed E-state index contributed by atoms with van der Waals surface area (Å²) in [5.74, 6) is 3.84. The largest absolute Gasteiger partial charge is 0.354 e. The number of hydrogen-bond acceptors (Lipinski definition) is 3. The first kappa shape index (κ1) is 21.1. The molecule has 0 atom stereocenters. The van der Waals surface area contributed by atoms with Crippen LogP contribution in [0.5, 0.6) is 0 Å². The molecule has 3 aliphatic rings. The van der Waals surface area contributed by atoms with Gasteiger partial charge < -0.3 is 15.5 Å². The van der Waals surface area contributed by atoms with E-state index in [1.165, 1.54) is 19.3 Å². The van der Waals surface area contributed by atoms with Crippen molar-refractivity contribution < 1.29 is 4.79 Å². The Labute approximate surface area is 173 Å². The Morgan fingerprint density at radius 1 is 1.04 bits per heavy atom. The fourth-order valence-corrected chi connectivity index (χ4v) is 4.66. The Bertz CT molecular complexity index is 444. The van der Waals surface area contributed by atoms with Crippen LogP contribution in [0.15, 0.2) is 4.99 Å². The third-order valence-electron chi connectivity index (χ3n) is 5.50. The van der Waals surface area contributed by atoms with Gasteiger partial charge in [0, 0.05) is 49.1 Å². The van der Waals surface area contributed by atoms with E-state index < -0.39 is 0 Å². The van der Waals surface area contributed by atoms with Gasteiger partial charge in [-0.05, 0) is 51.9 Å². The highest BCUT2D eigenvalue weighted by molar-refractivity contribution is 14.0. The molecule has 144 valence electrons. The van der Waals surface area contributed by atoms with Gasteiger partial charge in [0.25, 0.3) is 0 Å². The second-order valence-corrected chi connectivity index (χ2v) is 8.45. The van der Waals surface area contributed by atoms with Crippen LogP contribution < -0.4 is 10.6 Å². The van der Waals surface area contributed by atoms with Crippen LogP contribution in [0, 0.1) is 5.92 Å². The van der Waals surface area contributed by atoms with E-state index in [0.29, 0.717) is 18.0 Å². The van der Waals surface area contributed by atoms with E-state index in [1.54, 1.807) is 0 Å². The van der Waals surface area contributed by atoms with Gasteiger partial charge in [-0.15, -0.1) is 24.0 Å². The Kier molecular flexibility index (Phi) is 9.16. The lowest BCUT2D eigenvalue weighted by Gasteiger charge is -2.35. The van der Waals surface area contributed by atoms with Crippen molar-refractivity contribution >= 4 is 47.6 Å². The maximum atomic E-state index is 12.6. The molecule has 3 fully saturated rings. The summed E-state index contributed by atoms with van der Waals surface area (Å²) in [5, 5.41) is 7.15. The zero-order valence-electron chi connectivity index (χ0n) is 15.3. The monoisotopic (exact) mass is 480 g/mol. The zero-order valence-corrected chi connectivity index (χ0v) is 18.5. The molecule has 1 aliphatic heterocycles. The predicted octanol–water partition coefficient (Wildman–Crippen LogP) is 2.85. The minimum absolute atomic E-state index is 0. The first-order valence-electron chi connectivity index (χ1n) is 9.70. The van der Waals surface area contributed by atoms with Crippen LogP contribution in [-0.2, 0) is 4.79 Å². The normalized spacial score (nSPS) is 27.9. The summed E-state index contributed by atoms with van der Waals surface area (Å²) < 4.78 is 0. The van der Waals surface area contributed by atoms with E-state index in [4.69, 9.17) is 0 Å². The zero-order chi connectivity index (χ0) is 16.8. The van der Waals surface area contributed by atoms with Crippen molar-refractivity contribution in [2.24, 2.45) is 10.9 Å². The van der Waals surface area contributed by atoms with Crippen LogP contribution >= 0.6 is 35.7 Å². The van der Waals surface area contributed by atoms with Gasteiger partial charge >= 0.3 is 0 Å². The summed E-state index contributed by atoms with van der Waals surface area (Å²) in [6.45, 7) is 4.78. The summed E-state index contributed by atoms with van der Waals surface area (Å²) in [6, 6.07) is 1.07. The second kappa shape index (κ2) is 10.8. The molecule has 2 saturated carbocycles. The number of amides is 1. The van der Waals surface area contributed by atoms with Crippen molar-refractivity contribution in [3.63, 3.8) is 0 Å². The molecule has 25 heavy (non-hydrogen) atoms. The molecule has 0 radical (unpaired) electrons. The minimum Gasteiger partial charge on any atom is -0.354 e. The van der Waals surface area contributed by atoms with Crippen molar-refractivity contribution in [3.8, 4) is 0 Å². The topological polar surface area (TPSA) is 56.7 Å². The summed E-state index contributed by atoms with van der Waals surface area (Å²) in [7, 11) is 0. The van der Waals surface area contributed by atoms with Gasteiger partial charge in [-0.1, -0.05) is 0 Å². The number of rotatable bonds is 4. The van der Waals surface area contributed by atoms with Crippen molar-refractivity contribution in [2.45, 2.75) is 64.0 Å². The number of thioether (sulfide) groups is 1. The average Bonchev–Trinajstić information content (AvgIpc) is 2.59. The average molecular weight is 480 g/mol. The van der Waals surface area contributed by atoms with Crippen LogP contribution in [0.2, 0.25) is 0 Å². The smallest absolute Gasteiger partial charge is 0.225 e. The molecule has 7 heteroatoms. The van der Waals surface area contributed by atoms with E-state index in [1.807, 2.05) is 11.8 Å². The van der Waals surface area contributed by atoms with Gasteiger partial charge in [0.15, 0.2) is 5.96 Å². The van der Waals surface area contributed by atoms with E-state index in [9.17, 15) is 4.79 Å². The first-order chi connectivity index (χ1) is 11.8. The Hall–Kier alpha value is -0.180. The summed E-state index contributed by atoms with van der Waals surface area (Å²) in [5.41, 5.74) is 0. The van der Waals surface area contributed by atoms with Gasteiger partial charge in [0.2, 0.25) is 5.91 Å². The Morgan fingerprint density at radius 3 is 2.16 bits per heavy atom. The van der Waals surface area contributed by atoms with E-state index >= 15 is 0 Å². The molecule has 0 aromatic heterocycles. The SMILES string of the molecule is CCN=C(NC1CCC1)NC1CCC(C(=O)N2CCSCC2)CC1.I. The predicted molar refractivity (Wildman–Crippen MR) is 117 cm³/mol. The van der Waals surface area contributed by atoms with Gasteiger partial charge in [0.05, 0.1) is 0 Å². The molecule has 5 nitrogen and oxygen atoms in total. The molecule has 3 rings (SSSR count). The molecule has 0 aromatic rings. The van der Waals surface area contributed by atoms with E-state index in [0.717, 1.165) is 62.8 Å². The molecule has 2 N–H and O–H groups in total. The molecule has 2 aliphatic carbocycles. The number of nitrogens with zero attached hydrogens (tertiary/aromatic N) is 2. The minimum atomic E-state index is 0. The lowest BCUT2D eigenvalue weighted by atomic mass is 9.85. The lowest BCUT2D eigenvalue weighted by molar-refractivity contribution is -0.136. The summed E-state index contributed by atoms with van der Waals surface area (Å²) in [4.78, 5) is 19.3. The number of aliphatic imine (C=N–C) groups is 1. The third-order valence-corrected chi connectivity index (χ3v) is 6.44. The fraction of sp³-hybridized carbons (Fsp3) is 0.889. The van der Waals surface area contributed by atoms with Gasteiger partial charge in [0.1, 0.15) is 0 Å². The number of carbonyl (C=O) groups excluding carboxylic acids is 1. The summed E-state index contributed by atoms with van der Waals surface area (Å²) in [6.07, 6.45) is 8.05. The quantitative estimate of drug-likeness (QED) is 0.369. The van der Waals surface area contributed by atoms with Crippen LogP contribution in [-0.4, -0.2) is 60.0 Å². The Morgan fingerprint density at radius 2 is 1.64 bits per heavy atom. The maximum absolute atomic E-state index is 12.6. The van der Waals surface area contributed by atoms with Crippen molar-refractivity contribution in [2.75, 3.05) is 31.1 Å². The Balaban J connectivity index is 0.00000225. The number of nitrogens with one attached hydrogen (secondary N) is 2. The second-order valence-electron chi connectivity index (χ2n) is 7.23. The van der Waals surface area contributed by atoms with Gasteiger partial charge in [-0.25, -0.2) is 0 Å². The van der Waals surface area contributed by atoms with Crippen molar-refractivity contribution in [3.05, 3.63) is 0 Å². The first-order valence-corrected chi connectivity index (χ1v) is 10.9. The standard InChI is InChI=1S/C18H32N4OS.HI/c1-2-19-18(20-15-4-3-5-15)21-16-8-6-14(7-9-16)17(23)22-10-12-24-13-11-22;/h14-16H,2-13H2,1H3,(H2,19,20,21);1H. The van der Waals surface area contributed by atoms with E-state index in [-0.39, 0.29) is 29.9 Å². The number of guanidine groups is 1. The molecule has 0 bridgehead atoms.